The van der Waals surface area contributed by atoms with Crippen molar-refractivity contribution in [2.45, 2.75) is 26.1 Å². The van der Waals surface area contributed by atoms with Crippen molar-refractivity contribution in [1.29, 1.82) is 0 Å². The Morgan fingerprint density at radius 1 is 1.61 bits per heavy atom. The van der Waals surface area contributed by atoms with Crippen LogP contribution in [0.25, 0.3) is 0 Å². The second kappa shape index (κ2) is 5.22. The molecule has 0 aromatic carbocycles. The number of alkyl halides is 1. The molecule has 1 atom stereocenters. The number of aryl methyl sites for hydroxylation is 1. The number of amides is 1. The summed E-state index contributed by atoms with van der Waals surface area (Å²) in [7, 11) is 0. The first-order valence-corrected chi connectivity index (χ1v) is 6.65. The van der Waals surface area contributed by atoms with Crippen LogP contribution in [0.4, 0.5) is 4.39 Å². The normalized spacial score (nSPS) is 19.3. The standard InChI is InChI=1S/C12H14BrFN2O2/c1-2-15-6-8(13)5-10(11(15)17)12(18)16-4-3-9(14)7-16/h5-6,9H,2-4,7H2,1H3. The van der Waals surface area contributed by atoms with Gasteiger partial charge in [-0.25, -0.2) is 4.39 Å². The van der Waals surface area contributed by atoms with E-state index in [1.54, 1.807) is 6.20 Å². The molecular weight excluding hydrogens is 303 g/mol. The van der Waals surface area contributed by atoms with E-state index < -0.39 is 6.17 Å². The summed E-state index contributed by atoms with van der Waals surface area (Å²) in [6, 6.07) is 1.50. The average molecular weight is 317 g/mol. The van der Waals surface area contributed by atoms with Gasteiger partial charge in [0, 0.05) is 23.8 Å². The predicted octanol–water partition coefficient (Wildman–Crippen LogP) is 1.81. The molecule has 4 nitrogen and oxygen atoms in total. The number of nitrogens with zero attached hydrogens (tertiary/aromatic N) is 2. The smallest absolute Gasteiger partial charge is 0.263 e. The van der Waals surface area contributed by atoms with Gasteiger partial charge in [-0.1, -0.05) is 0 Å². The first-order chi connectivity index (χ1) is 8.52. The zero-order valence-electron chi connectivity index (χ0n) is 10.0. The third kappa shape index (κ3) is 2.48. The molecule has 0 aliphatic carbocycles. The summed E-state index contributed by atoms with van der Waals surface area (Å²) in [5, 5.41) is 0. The van der Waals surface area contributed by atoms with Crippen LogP contribution in [-0.2, 0) is 6.54 Å². The number of likely N-dealkylation sites (tertiary alicyclic amines) is 1. The molecule has 2 heterocycles. The summed E-state index contributed by atoms with van der Waals surface area (Å²) < 4.78 is 15.2. The molecular formula is C12H14BrFN2O2. The van der Waals surface area contributed by atoms with E-state index in [1.807, 2.05) is 6.92 Å². The number of carbonyl (C=O) groups excluding carboxylic acids is 1. The van der Waals surface area contributed by atoms with Crippen LogP contribution < -0.4 is 5.56 Å². The highest BCUT2D eigenvalue weighted by atomic mass is 79.9. The molecule has 1 aliphatic heterocycles. The van der Waals surface area contributed by atoms with Crippen LogP contribution in [0, 0.1) is 0 Å². The maximum atomic E-state index is 13.1. The first-order valence-electron chi connectivity index (χ1n) is 5.86. The molecule has 0 spiro atoms. The van der Waals surface area contributed by atoms with E-state index in [2.05, 4.69) is 15.9 Å². The predicted molar refractivity (Wildman–Crippen MR) is 69.5 cm³/mol. The van der Waals surface area contributed by atoms with E-state index in [4.69, 9.17) is 0 Å². The minimum Gasteiger partial charge on any atom is -0.335 e. The van der Waals surface area contributed by atoms with Crippen molar-refractivity contribution in [2.75, 3.05) is 13.1 Å². The lowest BCUT2D eigenvalue weighted by Crippen LogP contribution is -2.35. The summed E-state index contributed by atoms with van der Waals surface area (Å²) in [6.45, 7) is 2.77. The van der Waals surface area contributed by atoms with Gasteiger partial charge in [0.05, 0.1) is 6.54 Å². The number of hydrogen-bond acceptors (Lipinski definition) is 2. The molecule has 6 heteroatoms. The molecule has 18 heavy (non-hydrogen) atoms. The minimum absolute atomic E-state index is 0.0803. The molecule has 0 N–H and O–H groups in total. The molecule has 98 valence electrons. The highest BCUT2D eigenvalue weighted by Gasteiger charge is 2.28. The van der Waals surface area contributed by atoms with Gasteiger partial charge in [-0.15, -0.1) is 0 Å². The van der Waals surface area contributed by atoms with Crippen LogP contribution >= 0.6 is 15.9 Å². The Morgan fingerprint density at radius 3 is 2.89 bits per heavy atom. The molecule has 1 amide bonds. The number of rotatable bonds is 2. The Hall–Kier alpha value is -1.17. The van der Waals surface area contributed by atoms with Gasteiger partial charge in [-0.2, -0.15) is 0 Å². The second-order valence-electron chi connectivity index (χ2n) is 4.30. The van der Waals surface area contributed by atoms with Crippen molar-refractivity contribution in [2.24, 2.45) is 0 Å². The number of carbonyl (C=O) groups is 1. The Morgan fingerprint density at radius 2 is 2.33 bits per heavy atom. The number of aromatic nitrogens is 1. The highest BCUT2D eigenvalue weighted by molar-refractivity contribution is 9.10. The fraction of sp³-hybridized carbons (Fsp3) is 0.500. The molecule has 2 rings (SSSR count). The van der Waals surface area contributed by atoms with Crippen LogP contribution in [0.15, 0.2) is 21.5 Å². The van der Waals surface area contributed by atoms with Crippen molar-refractivity contribution < 1.29 is 9.18 Å². The summed E-state index contributed by atoms with van der Waals surface area (Å²) >= 11 is 3.27. The molecule has 0 saturated carbocycles. The van der Waals surface area contributed by atoms with Crippen LogP contribution in [0.1, 0.15) is 23.7 Å². The van der Waals surface area contributed by atoms with Gasteiger partial charge in [0.25, 0.3) is 11.5 Å². The van der Waals surface area contributed by atoms with Crippen molar-refractivity contribution in [3.8, 4) is 0 Å². The second-order valence-corrected chi connectivity index (χ2v) is 5.22. The monoisotopic (exact) mass is 316 g/mol. The Labute approximate surface area is 113 Å². The molecule has 1 saturated heterocycles. The van der Waals surface area contributed by atoms with Crippen molar-refractivity contribution in [3.63, 3.8) is 0 Å². The quantitative estimate of drug-likeness (QED) is 0.835. The maximum Gasteiger partial charge on any atom is 0.263 e. The number of pyridine rings is 1. The third-order valence-electron chi connectivity index (χ3n) is 3.04. The van der Waals surface area contributed by atoms with Crippen molar-refractivity contribution in [1.82, 2.24) is 9.47 Å². The van der Waals surface area contributed by atoms with E-state index >= 15 is 0 Å². The first kappa shape index (κ1) is 13.3. The third-order valence-corrected chi connectivity index (χ3v) is 3.48. The van der Waals surface area contributed by atoms with Gasteiger partial charge in [0.15, 0.2) is 0 Å². The lowest BCUT2D eigenvalue weighted by molar-refractivity contribution is 0.0780. The molecule has 1 aliphatic rings. The van der Waals surface area contributed by atoms with Crippen molar-refractivity contribution >= 4 is 21.8 Å². The molecule has 0 bridgehead atoms. The number of halogens is 2. The SMILES string of the molecule is CCn1cc(Br)cc(C(=O)N2CCC(F)C2)c1=O. The van der Waals surface area contributed by atoms with E-state index in [0.717, 1.165) is 0 Å². The van der Waals surface area contributed by atoms with Crippen molar-refractivity contribution in [3.05, 3.63) is 32.7 Å². The topological polar surface area (TPSA) is 42.3 Å². The Kier molecular flexibility index (Phi) is 3.85. The molecule has 1 fully saturated rings. The highest BCUT2D eigenvalue weighted by Crippen LogP contribution is 2.16. The Balaban J connectivity index is 2.36. The fourth-order valence-corrected chi connectivity index (χ4v) is 2.54. The van der Waals surface area contributed by atoms with Crippen LogP contribution in [-0.4, -0.2) is 34.6 Å². The lowest BCUT2D eigenvalue weighted by Gasteiger charge is -2.15. The molecule has 0 radical (unpaired) electrons. The number of hydrogen-bond donors (Lipinski definition) is 0. The van der Waals surface area contributed by atoms with Gasteiger partial charge in [0.2, 0.25) is 0 Å². The van der Waals surface area contributed by atoms with E-state index in [9.17, 15) is 14.0 Å². The molecule has 1 aromatic rings. The van der Waals surface area contributed by atoms with Crippen LogP contribution in [0.2, 0.25) is 0 Å². The summed E-state index contributed by atoms with van der Waals surface area (Å²) in [5.41, 5.74) is -0.228. The lowest BCUT2D eigenvalue weighted by atomic mass is 10.2. The van der Waals surface area contributed by atoms with Gasteiger partial charge >= 0.3 is 0 Å². The van der Waals surface area contributed by atoms with Gasteiger partial charge in [-0.3, -0.25) is 9.59 Å². The van der Waals surface area contributed by atoms with E-state index in [1.165, 1.54) is 15.5 Å². The van der Waals surface area contributed by atoms with Gasteiger partial charge in [-0.05, 0) is 35.3 Å². The average Bonchev–Trinajstić information content (AvgIpc) is 2.77. The molecule has 1 unspecified atom stereocenters. The van der Waals surface area contributed by atoms with E-state index in [0.29, 0.717) is 24.0 Å². The summed E-state index contributed by atoms with van der Waals surface area (Å²) in [5.74, 6) is -0.386. The van der Waals surface area contributed by atoms with Crippen LogP contribution in [0.3, 0.4) is 0 Å². The van der Waals surface area contributed by atoms with E-state index in [-0.39, 0.29) is 23.6 Å². The Bertz CT molecular complexity index is 529. The summed E-state index contributed by atoms with van der Waals surface area (Å²) in [6.07, 6.45) is 1.01. The zero-order chi connectivity index (χ0) is 13.3. The largest absolute Gasteiger partial charge is 0.335 e. The fourth-order valence-electron chi connectivity index (χ4n) is 2.06. The summed E-state index contributed by atoms with van der Waals surface area (Å²) in [4.78, 5) is 25.6. The minimum atomic E-state index is -0.977. The van der Waals surface area contributed by atoms with Crippen LogP contribution in [0.5, 0.6) is 0 Å². The van der Waals surface area contributed by atoms with Gasteiger partial charge < -0.3 is 9.47 Å². The molecule has 1 aromatic heterocycles. The zero-order valence-corrected chi connectivity index (χ0v) is 11.6. The maximum absolute atomic E-state index is 13.1. The van der Waals surface area contributed by atoms with Gasteiger partial charge in [0.1, 0.15) is 11.7 Å².